The molecule has 0 spiro atoms. The minimum absolute atomic E-state index is 0.322. The van der Waals surface area contributed by atoms with Gasteiger partial charge in [0, 0.05) is 11.3 Å². The molecule has 6 nitrogen and oxygen atoms in total. The van der Waals surface area contributed by atoms with Crippen molar-refractivity contribution < 1.29 is 14.6 Å². The van der Waals surface area contributed by atoms with Gasteiger partial charge in [0.15, 0.2) is 0 Å². The third-order valence-corrected chi connectivity index (χ3v) is 1.57. The predicted molar refractivity (Wildman–Crippen MR) is 34.0 cm³/mol. The van der Waals surface area contributed by atoms with Gasteiger partial charge in [0.1, 0.15) is 5.92 Å². The number of nitro groups is 1. The van der Waals surface area contributed by atoms with Gasteiger partial charge in [-0.2, -0.15) is 0 Å². The summed E-state index contributed by atoms with van der Waals surface area (Å²) in [6, 6.07) is -0.704. The maximum absolute atomic E-state index is 10.8. The highest BCUT2D eigenvalue weighted by Gasteiger charge is 2.53. The summed E-state index contributed by atoms with van der Waals surface area (Å²) < 4.78 is 0. The summed E-state index contributed by atoms with van der Waals surface area (Å²) in [5.41, 5.74) is 2.05. The van der Waals surface area contributed by atoms with Crippen molar-refractivity contribution in [1.82, 2.24) is 5.48 Å². The minimum Gasteiger partial charge on any atom is -0.277 e. The van der Waals surface area contributed by atoms with Gasteiger partial charge in [-0.3, -0.25) is 19.7 Å². The summed E-state index contributed by atoms with van der Waals surface area (Å²) in [5.74, 6) is -0.904. The van der Waals surface area contributed by atoms with Crippen molar-refractivity contribution in [3.8, 4) is 0 Å². The van der Waals surface area contributed by atoms with Gasteiger partial charge in [0.05, 0.1) is 7.11 Å². The van der Waals surface area contributed by atoms with Crippen LogP contribution in [0.25, 0.3) is 0 Å². The lowest BCUT2D eigenvalue weighted by Crippen LogP contribution is -2.26. The number of hydrogen-bond acceptors (Lipinski definition) is 4. The Balaban J connectivity index is 2.32. The molecule has 0 aromatic rings. The van der Waals surface area contributed by atoms with Gasteiger partial charge in [-0.1, -0.05) is 0 Å². The summed E-state index contributed by atoms with van der Waals surface area (Å²) >= 11 is 0. The minimum atomic E-state index is -0.704. The molecule has 1 aliphatic rings. The average Bonchev–Trinajstić information content (AvgIpc) is 2.65. The van der Waals surface area contributed by atoms with E-state index in [1.807, 2.05) is 5.48 Å². The van der Waals surface area contributed by atoms with Gasteiger partial charge in [-0.15, -0.1) is 0 Å². The van der Waals surface area contributed by atoms with Crippen LogP contribution in [0.3, 0.4) is 0 Å². The summed E-state index contributed by atoms with van der Waals surface area (Å²) in [5, 5.41) is 10.1. The molecule has 0 aliphatic heterocycles. The zero-order valence-electron chi connectivity index (χ0n) is 5.94. The van der Waals surface area contributed by atoms with E-state index in [9.17, 15) is 14.9 Å². The van der Waals surface area contributed by atoms with E-state index in [-0.39, 0.29) is 0 Å². The third kappa shape index (κ3) is 1.64. The van der Waals surface area contributed by atoms with Crippen molar-refractivity contribution >= 4 is 5.91 Å². The second kappa shape index (κ2) is 2.83. The molecule has 0 heterocycles. The fourth-order valence-electron chi connectivity index (χ4n) is 0.873. The number of nitrogens with zero attached hydrogens (tertiary/aromatic N) is 1. The number of hydroxylamine groups is 1. The SMILES string of the molecule is CONC(=O)C1CC1[N+](=O)[O-]. The molecule has 0 aromatic carbocycles. The van der Waals surface area contributed by atoms with Gasteiger partial charge in [0.2, 0.25) is 6.04 Å². The Morgan fingerprint density at radius 2 is 2.45 bits per heavy atom. The van der Waals surface area contributed by atoms with Crippen LogP contribution in [0.2, 0.25) is 0 Å². The molecule has 6 heteroatoms. The highest BCUT2D eigenvalue weighted by Crippen LogP contribution is 2.32. The molecule has 2 atom stereocenters. The molecule has 1 saturated carbocycles. The second-order valence-electron chi connectivity index (χ2n) is 2.37. The maximum atomic E-state index is 10.8. The molecule has 1 N–H and O–H groups in total. The number of carbonyl (C=O) groups excluding carboxylic acids is 1. The number of amides is 1. The summed E-state index contributed by atoms with van der Waals surface area (Å²) in [6.07, 6.45) is 0.322. The molecule has 0 aromatic heterocycles. The number of rotatable bonds is 3. The summed E-state index contributed by atoms with van der Waals surface area (Å²) in [6.45, 7) is 0. The Morgan fingerprint density at radius 3 is 2.82 bits per heavy atom. The summed E-state index contributed by atoms with van der Waals surface area (Å²) in [4.78, 5) is 24.7. The molecule has 1 rings (SSSR count). The van der Waals surface area contributed by atoms with Crippen LogP contribution in [-0.4, -0.2) is 24.0 Å². The van der Waals surface area contributed by atoms with Gasteiger partial charge < -0.3 is 0 Å². The number of nitrogens with one attached hydrogen (secondary N) is 1. The van der Waals surface area contributed by atoms with Crippen molar-refractivity contribution in [2.45, 2.75) is 12.5 Å². The predicted octanol–water partition coefficient (Wildman–Crippen LogP) is -0.671. The molecular formula is C5H8N2O4. The number of hydrogen-bond donors (Lipinski definition) is 1. The molecule has 2 unspecified atom stereocenters. The Bertz CT molecular complexity index is 193. The quantitative estimate of drug-likeness (QED) is 0.438. The van der Waals surface area contributed by atoms with E-state index >= 15 is 0 Å². The number of carbonyl (C=O) groups is 1. The lowest BCUT2D eigenvalue weighted by molar-refractivity contribution is -0.497. The van der Waals surface area contributed by atoms with E-state index < -0.39 is 22.8 Å². The van der Waals surface area contributed by atoms with E-state index in [0.717, 1.165) is 0 Å². The third-order valence-electron chi connectivity index (χ3n) is 1.57. The van der Waals surface area contributed by atoms with E-state index in [4.69, 9.17) is 0 Å². The fraction of sp³-hybridized carbons (Fsp3) is 0.800. The molecular weight excluding hydrogens is 152 g/mol. The van der Waals surface area contributed by atoms with Crippen molar-refractivity contribution in [2.24, 2.45) is 5.92 Å². The van der Waals surface area contributed by atoms with Gasteiger partial charge >= 0.3 is 0 Å². The van der Waals surface area contributed by atoms with Crippen LogP contribution in [0.15, 0.2) is 0 Å². The van der Waals surface area contributed by atoms with Crippen LogP contribution in [0.1, 0.15) is 6.42 Å². The largest absolute Gasteiger partial charge is 0.277 e. The lowest BCUT2D eigenvalue weighted by atomic mass is 10.4. The van der Waals surface area contributed by atoms with Crippen molar-refractivity contribution in [2.75, 3.05) is 7.11 Å². The second-order valence-corrected chi connectivity index (χ2v) is 2.37. The van der Waals surface area contributed by atoms with Crippen molar-refractivity contribution in [1.29, 1.82) is 0 Å². The smallest absolute Gasteiger partial charge is 0.253 e. The van der Waals surface area contributed by atoms with E-state index in [1.165, 1.54) is 7.11 Å². The van der Waals surface area contributed by atoms with Crippen LogP contribution in [0.4, 0.5) is 0 Å². The standard InChI is InChI=1S/C5H8N2O4/c1-11-6-5(8)3-2-4(3)7(9)10/h3-4H,2H2,1H3,(H,6,8). The fourth-order valence-corrected chi connectivity index (χ4v) is 0.873. The first kappa shape index (κ1) is 7.93. The Morgan fingerprint density at radius 1 is 1.82 bits per heavy atom. The van der Waals surface area contributed by atoms with Crippen LogP contribution in [0.5, 0.6) is 0 Å². The van der Waals surface area contributed by atoms with Gasteiger partial charge in [-0.25, -0.2) is 5.48 Å². The first-order valence-corrected chi connectivity index (χ1v) is 3.13. The zero-order valence-corrected chi connectivity index (χ0v) is 5.94. The first-order valence-electron chi connectivity index (χ1n) is 3.13. The monoisotopic (exact) mass is 160 g/mol. The van der Waals surface area contributed by atoms with Crippen LogP contribution < -0.4 is 5.48 Å². The highest BCUT2D eigenvalue weighted by molar-refractivity contribution is 5.80. The molecule has 0 saturated heterocycles. The molecule has 1 fully saturated rings. The first-order chi connectivity index (χ1) is 5.16. The summed E-state index contributed by atoms with van der Waals surface area (Å²) in [7, 11) is 1.29. The molecule has 1 amide bonds. The molecule has 0 bridgehead atoms. The average molecular weight is 160 g/mol. The van der Waals surface area contributed by atoms with Crippen LogP contribution >= 0.6 is 0 Å². The van der Waals surface area contributed by atoms with Crippen molar-refractivity contribution in [3.05, 3.63) is 10.1 Å². The van der Waals surface area contributed by atoms with Gasteiger partial charge in [0.25, 0.3) is 5.91 Å². The molecule has 1 aliphatic carbocycles. The lowest BCUT2D eigenvalue weighted by Gasteiger charge is -1.96. The van der Waals surface area contributed by atoms with E-state index in [1.54, 1.807) is 0 Å². The molecule has 11 heavy (non-hydrogen) atoms. The normalized spacial score (nSPS) is 27.7. The Labute approximate surface area is 62.6 Å². The maximum Gasteiger partial charge on any atom is 0.253 e. The van der Waals surface area contributed by atoms with Crippen LogP contribution in [0, 0.1) is 16.0 Å². The zero-order chi connectivity index (χ0) is 8.43. The highest BCUT2D eigenvalue weighted by atomic mass is 16.6. The van der Waals surface area contributed by atoms with Crippen molar-refractivity contribution in [3.63, 3.8) is 0 Å². The molecule has 0 radical (unpaired) electrons. The molecule has 62 valence electrons. The topological polar surface area (TPSA) is 81.5 Å². The van der Waals surface area contributed by atoms with Gasteiger partial charge in [-0.05, 0) is 0 Å². The Kier molecular flexibility index (Phi) is 2.04. The van der Waals surface area contributed by atoms with Crippen LogP contribution in [-0.2, 0) is 9.63 Å². The van der Waals surface area contributed by atoms with E-state index in [0.29, 0.717) is 6.42 Å². The Hall–Kier alpha value is -1.17. The van der Waals surface area contributed by atoms with E-state index in [2.05, 4.69) is 4.84 Å².